The smallest absolute Gasteiger partial charge is 0.215 e. The van der Waals surface area contributed by atoms with Gasteiger partial charge in [-0.3, -0.25) is 0 Å². The number of hydrogen-bond acceptors (Lipinski definition) is 2. The minimum atomic E-state index is -3.30. The third-order valence-electron chi connectivity index (χ3n) is 3.51. The Morgan fingerprint density at radius 1 is 1.00 bits per heavy atom. The Morgan fingerprint density at radius 3 is 2.32 bits per heavy atom. The third kappa shape index (κ3) is 5.13. The van der Waals surface area contributed by atoms with E-state index in [-0.39, 0.29) is 5.75 Å². The molecular weight excluding hydrogens is 318 g/mol. The summed E-state index contributed by atoms with van der Waals surface area (Å²) in [7, 11) is -3.30. The highest BCUT2D eigenvalue weighted by molar-refractivity contribution is 7.88. The van der Waals surface area contributed by atoms with Gasteiger partial charge in [0.1, 0.15) is 0 Å². The number of hydrogen-bond donors (Lipinski definition) is 1. The highest BCUT2D eigenvalue weighted by atomic mass is 35.5. The van der Waals surface area contributed by atoms with Crippen molar-refractivity contribution in [3.8, 4) is 0 Å². The lowest BCUT2D eigenvalue weighted by Gasteiger charge is -2.09. The zero-order chi connectivity index (χ0) is 16.0. The minimum absolute atomic E-state index is 0.0196. The van der Waals surface area contributed by atoms with E-state index in [1.165, 1.54) is 0 Å². The zero-order valence-corrected chi connectivity index (χ0v) is 14.1. The van der Waals surface area contributed by atoms with Crippen molar-refractivity contribution in [1.82, 2.24) is 4.72 Å². The second kappa shape index (κ2) is 7.77. The SMILES string of the molecule is Cc1ccccc1CS(=O)(=O)NCCCc1ccccc1Cl. The molecule has 5 heteroatoms. The molecule has 0 spiro atoms. The Labute approximate surface area is 137 Å². The summed E-state index contributed by atoms with van der Waals surface area (Å²) in [6, 6.07) is 15.2. The fraction of sp³-hybridized carbons (Fsp3) is 0.294. The van der Waals surface area contributed by atoms with Crippen LogP contribution < -0.4 is 4.72 Å². The predicted octanol–water partition coefficient (Wildman–Crippen LogP) is 3.70. The molecule has 118 valence electrons. The van der Waals surface area contributed by atoms with Gasteiger partial charge in [0.25, 0.3) is 0 Å². The van der Waals surface area contributed by atoms with E-state index in [2.05, 4.69) is 4.72 Å². The second-order valence-corrected chi connectivity index (χ2v) is 7.49. The normalized spacial score (nSPS) is 11.5. The van der Waals surface area contributed by atoms with Crippen molar-refractivity contribution in [2.24, 2.45) is 0 Å². The Kier molecular flexibility index (Phi) is 6.00. The van der Waals surface area contributed by atoms with Gasteiger partial charge in [-0.15, -0.1) is 0 Å². The van der Waals surface area contributed by atoms with Gasteiger partial charge in [-0.25, -0.2) is 13.1 Å². The molecular formula is C17H20ClNO2S. The van der Waals surface area contributed by atoms with Crippen LogP contribution in [0.3, 0.4) is 0 Å². The lowest BCUT2D eigenvalue weighted by atomic mass is 10.1. The Balaban J connectivity index is 1.83. The molecule has 0 aliphatic rings. The van der Waals surface area contributed by atoms with Gasteiger partial charge in [-0.1, -0.05) is 54.1 Å². The fourth-order valence-electron chi connectivity index (χ4n) is 2.24. The molecule has 0 saturated carbocycles. The van der Waals surface area contributed by atoms with Crippen LogP contribution in [-0.4, -0.2) is 15.0 Å². The van der Waals surface area contributed by atoms with Crippen molar-refractivity contribution < 1.29 is 8.42 Å². The number of nitrogens with one attached hydrogen (secondary N) is 1. The maximum absolute atomic E-state index is 12.1. The molecule has 0 saturated heterocycles. The van der Waals surface area contributed by atoms with Gasteiger partial charge in [-0.2, -0.15) is 0 Å². The predicted molar refractivity (Wildman–Crippen MR) is 91.6 cm³/mol. The molecule has 0 fully saturated rings. The van der Waals surface area contributed by atoms with Crippen LogP contribution in [0, 0.1) is 6.92 Å². The highest BCUT2D eigenvalue weighted by Gasteiger charge is 2.12. The third-order valence-corrected chi connectivity index (χ3v) is 5.21. The van der Waals surface area contributed by atoms with Gasteiger partial charge < -0.3 is 0 Å². The molecule has 0 unspecified atom stereocenters. The number of rotatable bonds is 7. The highest BCUT2D eigenvalue weighted by Crippen LogP contribution is 2.16. The lowest BCUT2D eigenvalue weighted by Crippen LogP contribution is -2.26. The Hall–Kier alpha value is -1.36. The summed E-state index contributed by atoms with van der Waals surface area (Å²) in [6.45, 7) is 2.34. The van der Waals surface area contributed by atoms with Crippen molar-refractivity contribution in [3.05, 3.63) is 70.2 Å². The average Bonchev–Trinajstić information content (AvgIpc) is 2.47. The van der Waals surface area contributed by atoms with Gasteiger partial charge in [0.15, 0.2) is 0 Å². The molecule has 2 rings (SSSR count). The van der Waals surface area contributed by atoms with Crippen molar-refractivity contribution in [2.45, 2.75) is 25.5 Å². The van der Waals surface area contributed by atoms with Gasteiger partial charge >= 0.3 is 0 Å². The van der Waals surface area contributed by atoms with Crippen molar-refractivity contribution in [2.75, 3.05) is 6.54 Å². The van der Waals surface area contributed by atoms with Gasteiger partial charge in [0.05, 0.1) is 5.75 Å². The first-order valence-corrected chi connectivity index (χ1v) is 9.26. The first kappa shape index (κ1) is 17.0. The van der Waals surface area contributed by atoms with E-state index < -0.39 is 10.0 Å². The molecule has 0 bridgehead atoms. The molecule has 2 aromatic rings. The first-order chi connectivity index (χ1) is 10.5. The van der Waals surface area contributed by atoms with Gasteiger partial charge in [0, 0.05) is 11.6 Å². The summed E-state index contributed by atoms with van der Waals surface area (Å²) >= 11 is 6.08. The first-order valence-electron chi connectivity index (χ1n) is 7.23. The number of sulfonamides is 1. The molecule has 0 aromatic heterocycles. The quantitative estimate of drug-likeness (QED) is 0.783. The number of halogens is 1. The summed E-state index contributed by atoms with van der Waals surface area (Å²) in [5, 5.41) is 0.727. The van der Waals surface area contributed by atoms with Crippen LogP contribution in [0.1, 0.15) is 23.1 Å². The molecule has 22 heavy (non-hydrogen) atoms. The molecule has 0 aliphatic carbocycles. The molecule has 1 N–H and O–H groups in total. The van der Waals surface area contributed by atoms with E-state index in [9.17, 15) is 8.42 Å². The Morgan fingerprint density at radius 2 is 1.64 bits per heavy atom. The molecule has 0 aliphatic heterocycles. The van der Waals surface area contributed by atoms with Gasteiger partial charge in [0.2, 0.25) is 10.0 Å². The van der Waals surface area contributed by atoms with Crippen LogP contribution in [0.5, 0.6) is 0 Å². The van der Waals surface area contributed by atoms with Crippen LogP contribution in [-0.2, 0) is 22.2 Å². The standard InChI is InChI=1S/C17H20ClNO2S/c1-14-7-2-3-9-16(14)13-22(20,21)19-12-6-10-15-8-4-5-11-17(15)18/h2-5,7-9,11,19H,6,10,12-13H2,1H3. The maximum Gasteiger partial charge on any atom is 0.215 e. The molecule has 2 aromatic carbocycles. The van der Waals surface area contributed by atoms with E-state index >= 15 is 0 Å². The summed E-state index contributed by atoms with van der Waals surface area (Å²) in [6.07, 6.45) is 1.48. The lowest BCUT2D eigenvalue weighted by molar-refractivity contribution is 0.578. The monoisotopic (exact) mass is 337 g/mol. The summed E-state index contributed by atoms with van der Waals surface area (Å²) < 4.78 is 26.8. The van der Waals surface area contributed by atoms with E-state index in [1.54, 1.807) is 0 Å². The second-order valence-electron chi connectivity index (χ2n) is 5.27. The van der Waals surface area contributed by atoms with E-state index in [4.69, 9.17) is 11.6 Å². The minimum Gasteiger partial charge on any atom is -0.215 e. The van der Waals surface area contributed by atoms with Crippen molar-refractivity contribution >= 4 is 21.6 Å². The van der Waals surface area contributed by atoms with Crippen LogP contribution in [0.4, 0.5) is 0 Å². The van der Waals surface area contributed by atoms with E-state index in [0.717, 1.165) is 34.6 Å². The number of aryl methyl sites for hydroxylation is 2. The summed E-state index contributed by atoms with van der Waals surface area (Å²) in [5.41, 5.74) is 2.87. The van der Waals surface area contributed by atoms with Crippen LogP contribution >= 0.6 is 11.6 Å². The Bertz CT molecular complexity index is 729. The molecule has 0 radical (unpaired) electrons. The fourth-order valence-corrected chi connectivity index (χ4v) is 3.76. The van der Waals surface area contributed by atoms with Crippen molar-refractivity contribution in [3.63, 3.8) is 0 Å². The molecule has 0 atom stereocenters. The zero-order valence-electron chi connectivity index (χ0n) is 12.5. The van der Waals surface area contributed by atoms with Crippen LogP contribution in [0.25, 0.3) is 0 Å². The summed E-state index contributed by atoms with van der Waals surface area (Å²) in [5.74, 6) is 0.0196. The molecule has 3 nitrogen and oxygen atoms in total. The van der Waals surface area contributed by atoms with Crippen LogP contribution in [0.15, 0.2) is 48.5 Å². The average molecular weight is 338 g/mol. The largest absolute Gasteiger partial charge is 0.215 e. The summed E-state index contributed by atoms with van der Waals surface area (Å²) in [4.78, 5) is 0. The number of benzene rings is 2. The van der Waals surface area contributed by atoms with E-state index in [0.29, 0.717) is 6.54 Å². The van der Waals surface area contributed by atoms with Crippen molar-refractivity contribution in [1.29, 1.82) is 0 Å². The topological polar surface area (TPSA) is 46.2 Å². The molecule has 0 heterocycles. The van der Waals surface area contributed by atoms with E-state index in [1.807, 2.05) is 55.5 Å². The van der Waals surface area contributed by atoms with Gasteiger partial charge in [-0.05, 0) is 42.5 Å². The molecule has 0 amide bonds. The van der Waals surface area contributed by atoms with Crippen LogP contribution in [0.2, 0.25) is 5.02 Å². The maximum atomic E-state index is 12.1.